The van der Waals surface area contributed by atoms with Crippen LogP contribution in [0.1, 0.15) is 27.7 Å². The predicted octanol–water partition coefficient (Wildman–Crippen LogP) is 2.05. The monoisotopic (exact) mass is 433 g/mol. The molecule has 0 amide bonds. The summed E-state index contributed by atoms with van der Waals surface area (Å²) in [6.45, 7) is 6.98. The highest BCUT2D eigenvalue weighted by atomic mass is 31.2. The van der Waals surface area contributed by atoms with E-state index in [1.807, 2.05) is 6.92 Å². The van der Waals surface area contributed by atoms with Crippen molar-refractivity contribution < 1.29 is 32.0 Å². The molecular weight excluding hydrogens is 408 g/mol. The number of hydrogen-bond donors (Lipinski definition) is 2. The van der Waals surface area contributed by atoms with Crippen molar-refractivity contribution in [1.29, 1.82) is 0 Å². The third kappa shape index (κ3) is 3.53. The van der Waals surface area contributed by atoms with E-state index < -0.39 is 38.0 Å². The van der Waals surface area contributed by atoms with Gasteiger partial charge in [0.1, 0.15) is 17.9 Å². The summed E-state index contributed by atoms with van der Waals surface area (Å²) in [5.41, 5.74) is 4.26. The maximum absolute atomic E-state index is 15.9. The first kappa shape index (κ1) is 20.5. The fourth-order valence-electron chi connectivity index (χ4n) is 3.68. The van der Waals surface area contributed by atoms with E-state index >= 15 is 4.39 Å². The zero-order valence-electron chi connectivity index (χ0n) is 16.6. The van der Waals surface area contributed by atoms with Crippen LogP contribution in [0.2, 0.25) is 0 Å². The van der Waals surface area contributed by atoms with Crippen LogP contribution in [0.5, 0.6) is 5.88 Å². The van der Waals surface area contributed by atoms with Gasteiger partial charge in [-0.3, -0.25) is 13.6 Å². The molecule has 4 heterocycles. The van der Waals surface area contributed by atoms with E-state index in [-0.39, 0.29) is 25.1 Å². The Morgan fingerprint density at radius 3 is 2.93 bits per heavy atom. The molecule has 13 heteroatoms. The summed E-state index contributed by atoms with van der Waals surface area (Å²) in [4.78, 5) is 9.87. The first-order valence-electron chi connectivity index (χ1n) is 9.41. The molecule has 2 fully saturated rings. The quantitative estimate of drug-likeness (QED) is 0.662. The minimum Gasteiger partial charge on any atom is -0.476 e. The molecular formula is C16H25FN5O6P. The van der Waals surface area contributed by atoms with E-state index in [1.165, 1.54) is 6.92 Å². The molecule has 3 N–H and O–H groups in total. The van der Waals surface area contributed by atoms with Crippen molar-refractivity contribution in [3.8, 4) is 5.88 Å². The topological polar surface area (TPSA) is 130 Å². The van der Waals surface area contributed by atoms with Crippen LogP contribution in [0.3, 0.4) is 0 Å². The number of nitrogens with zero attached hydrogens (tertiary/aromatic N) is 3. The van der Waals surface area contributed by atoms with Crippen molar-refractivity contribution >= 4 is 25.3 Å². The van der Waals surface area contributed by atoms with E-state index in [9.17, 15) is 4.57 Å². The summed E-state index contributed by atoms with van der Waals surface area (Å²) in [5, 5.41) is 3.09. The lowest BCUT2D eigenvalue weighted by molar-refractivity contribution is -0.0660. The Labute approximate surface area is 167 Å². The largest absolute Gasteiger partial charge is 0.476 e. The fourth-order valence-corrected chi connectivity index (χ4v) is 5.32. The first-order valence-corrected chi connectivity index (χ1v) is 10.9. The highest BCUT2D eigenvalue weighted by Crippen LogP contribution is 2.59. The Kier molecular flexibility index (Phi) is 5.11. The Morgan fingerprint density at radius 2 is 2.24 bits per heavy atom. The lowest BCUT2D eigenvalue weighted by atomic mass is 9.98. The van der Waals surface area contributed by atoms with Crippen LogP contribution in [-0.4, -0.2) is 60.1 Å². The first-order chi connectivity index (χ1) is 13.6. The van der Waals surface area contributed by atoms with Crippen molar-refractivity contribution in [1.82, 2.24) is 9.97 Å². The lowest BCUT2D eigenvalue weighted by Crippen LogP contribution is -2.51. The fraction of sp³-hybridized carbons (Fsp3) is 0.750. The van der Waals surface area contributed by atoms with Crippen LogP contribution in [0.15, 0.2) is 0 Å². The van der Waals surface area contributed by atoms with Gasteiger partial charge in [0.15, 0.2) is 17.7 Å². The molecule has 0 bridgehead atoms. The number of nitrogens with two attached hydrogens (primary N) is 1. The maximum atomic E-state index is 15.9. The van der Waals surface area contributed by atoms with Crippen molar-refractivity contribution in [3.63, 3.8) is 0 Å². The molecule has 0 spiro atoms. The third-order valence-electron chi connectivity index (χ3n) is 4.80. The second-order valence-electron chi connectivity index (χ2n) is 7.42. The molecule has 0 radical (unpaired) electrons. The van der Waals surface area contributed by atoms with E-state index in [0.717, 1.165) is 0 Å². The highest BCUT2D eigenvalue weighted by Gasteiger charge is 2.63. The smallest absolute Gasteiger partial charge is 0.475 e. The van der Waals surface area contributed by atoms with Gasteiger partial charge in [-0.05, 0) is 27.7 Å². The summed E-state index contributed by atoms with van der Waals surface area (Å²) in [5.74, 6) is 0.630. The molecule has 3 aliphatic rings. The molecule has 0 aromatic carbocycles. The Hall–Kier alpha value is -1.72. The molecule has 162 valence electrons. The number of nitrogens with one attached hydrogen (secondary N) is 1. The average Bonchev–Trinajstić information content (AvgIpc) is 3.13. The van der Waals surface area contributed by atoms with Crippen LogP contribution >= 0.6 is 7.82 Å². The van der Waals surface area contributed by atoms with Gasteiger partial charge < -0.3 is 25.4 Å². The molecule has 1 aromatic heterocycles. The van der Waals surface area contributed by atoms with Crippen molar-refractivity contribution in [2.45, 2.75) is 57.9 Å². The van der Waals surface area contributed by atoms with Crippen LogP contribution in [0, 0.1) is 0 Å². The Bertz CT molecular complexity index is 842. The average molecular weight is 433 g/mol. The van der Waals surface area contributed by atoms with E-state index in [1.54, 1.807) is 18.7 Å². The van der Waals surface area contributed by atoms with E-state index in [0.29, 0.717) is 18.1 Å². The molecule has 5 atom stereocenters. The summed E-state index contributed by atoms with van der Waals surface area (Å²) in [7, 11) is -3.89. The Balaban J connectivity index is 1.62. The summed E-state index contributed by atoms with van der Waals surface area (Å²) < 4.78 is 56.0. The summed E-state index contributed by atoms with van der Waals surface area (Å²) in [6.07, 6.45) is -3.40. The second-order valence-corrected chi connectivity index (χ2v) is 9.00. The number of hydrogen-bond acceptors (Lipinski definition) is 11. The number of phosphoric acid groups is 1. The van der Waals surface area contributed by atoms with Gasteiger partial charge in [0.25, 0.3) is 0 Å². The van der Waals surface area contributed by atoms with Gasteiger partial charge in [-0.25, -0.2) is 8.96 Å². The standard InChI is InChI=1S/C16H25FN5O6P/c1-5-24-13-10-12(20-15(18)21-13)22(7-19-10)14-16(4,17)11-9(26-14)6-25-29(23,28-11)27-8(2)3/h8-9,11,14,19H,5-7H2,1-4H3,(H2,18,20,21)/t9-,11-,14-,16-,29-/m1/s1. The number of nitrogen functional groups attached to an aromatic ring is 1. The Morgan fingerprint density at radius 1 is 1.48 bits per heavy atom. The minimum atomic E-state index is -3.89. The van der Waals surface area contributed by atoms with Crippen molar-refractivity contribution in [2.24, 2.45) is 0 Å². The molecule has 1 aromatic rings. The second kappa shape index (κ2) is 7.21. The zero-order valence-corrected chi connectivity index (χ0v) is 17.5. The molecule has 0 unspecified atom stereocenters. The number of ether oxygens (including phenoxy) is 2. The summed E-state index contributed by atoms with van der Waals surface area (Å²) in [6, 6.07) is 0. The highest BCUT2D eigenvalue weighted by molar-refractivity contribution is 7.48. The number of anilines is 3. The van der Waals surface area contributed by atoms with Gasteiger partial charge in [-0.2, -0.15) is 9.97 Å². The van der Waals surface area contributed by atoms with Crippen LogP contribution in [0.4, 0.5) is 21.8 Å². The molecule has 0 saturated carbocycles. The number of aromatic nitrogens is 2. The molecule has 4 rings (SSSR count). The van der Waals surface area contributed by atoms with Crippen molar-refractivity contribution in [3.05, 3.63) is 0 Å². The molecule has 2 saturated heterocycles. The lowest BCUT2D eigenvalue weighted by Gasteiger charge is -2.35. The van der Waals surface area contributed by atoms with Gasteiger partial charge >= 0.3 is 7.82 Å². The molecule has 11 nitrogen and oxygen atoms in total. The van der Waals surface area contributed by atoms with Gasteiger partial charge in [0.05, 0.1) is 26.0 Å². The third-order valence-corrected chi connectivity index (χ3v) is 6.43. The maximum Gasteiger partial charge on any atom is 0.475 e. The normalized spacial score (nSPS) is 36.1. The van der Waals surface area contributed by atoms with Crippen molar-refractivity contribution in [2.75, 3.05) is 35.8 Å². The van der Waals surface area contributed by atoms with E-state index in [2.05, 4.69) is 15.3 Å². The molecule has 0 aliphatic carbocycles. The van der Waals surface area contributed by atoms with Crippen LogP contribution in [0.25, 0.3) is 0 Å². The van der Waals surface area contributed by atoms with Gasteiger partial charge in [0, 0.05) is 0 Å². The van der Waals surface area contributed by atoms with Crippen LogP contribution in [-0.2, 0) is 22.9 Å². The molecule has 3 aliphatic heterocycles. The number of alkyl halides is 1. The van der Waals surface area contributed by atoms with E-state index in [4.69, 9.17) is 28.8 Å². The van der Waals surface area contributed by atoms with Gasteiger partial charge in [-0.15, -0.1) is 0 Å². The number of halogens is 1. The van der Waals surface area contributed by atoms with Gasteiger partial charge in [-0.1, -0.05) is 0 Å². The SMILES string of the molecule is CCOc1nc(N)nc2c1NCN2[C@@H]1O[C@@H]2CO[P@](=O)(OC(C)C)O[C@H]2[C@@]1(C)F. The molecule has 29 heavy (non-hydrogen) atoms. The summed E-state index contributed by atoms with van der Waals surface area (Å²) >= 11 is 0. The van der Waals surface area contributed by atoms with Gasteiger partial charge in [0.2, 0.25) is 11.8 Å². The predicted molar refractivity (Wildman–Crippen MR) is 101 cm³/mol. The zero-order chi connectivity index (χ0) is 21.0. The number of rotatable bonds is 5. The number of phosphoric ester groups is 1. The number of fused-ring (bicyclic) bond motifs is 2. The van der Waals surface area contributed by atoms with Crippen LogP contribution < -0.4 is 20.7 Å². The minimum absolute atomic E-state index is 0.00806.